The fourth-order valence-electron chi connectivity index (χ4n) is 1.77. The van der Waals surface area contributed by atoms with Gasteiger partial charge in [0.1, 0.15) is 6.67 Å². The molecule has 2 rings (SSSR count). The number of nitrogens with zero attached hydrogens (tertiary/aromatic N) is 4. The molecule has 0 aliphatic heterocycles. The van der Waals surface area contributed by atoms with E-state index in [9.17, 15) is 13.2 Å². The summed E-state index contributed by atoms with van der Waals surface area (Å²) in [5.74, 6) is 0. The van der Waals surface area contributed by atoms with E-state index in [-0.39, 0.29) is 25.5 Å². The Labute approximate surface area is 120 Å². The zero-order valence-corrected chi connectivity index (χ0v) is 11.4. The molecule has 0 unspecified atom stereocenters. The van der Waals surface area contributed by atoms with Crippen LogP contribution in [0.3, 0.4) is 0 Å². The number of aryl methyl sites for hydroxylation is 1. The highest BCUT2D eigenvalue weighted by molar-refractivity contribution is 5.85. The molecule has 0 fully saturated rings. The lowest BCUT2D eigenvalue weighted by Gasteiger charge is -2.09. The van der Waals surface area contributed by atoms with Crippen LogP contribution in [0.2, 0.25) is 0 Å². The van der Waals surface area contributed by atoms with Crippen LogP contribution < -0.4 is 5.32 Å². The quantitative estimate of drug-likeness (QED) is 0.852. The summed E-state index contributed by atoms with van der Waals surface area (Å²) in [6, 6.07) is 3.28. The van der Waals surface area contributed by atoms with Crippen LogP contribution >= 0.6 is 12.4 Å². The molecule has 1 N–H and O–H groups in total. The van der Waals surface area contributed by atoms with Crippen molar-refractivity contribution in [3.05, 3.63) is 35.9 Å². The van der Waals surface area contributed by atoms with Gasteiger partial charge in [0.05, 0.1) is 17.9 Å². The molecule has 0 saturated heterocycles. The number of halogens is 4. The van der Waals surface area contributed by atoms with E-state index in [0.717, 1.165) is 5.69 Å². The first-order valence-corrected chi connectivity index (χ1v) is 5.80. The van der Waals surface area contributed by atoms with E-state index >= 15 is 0 Å². The van der Waals surface area contributed by atoms with Crippen molar-refractivity contribution in [1.29, 1.82) is 0 Å². The van der Waals surface area contributed by atoms with Gasteiger partial charge in [0.15, 0.2) is 0 Å². The second-order valence-electron chi connectivity index (χ2n) is 3.88. The van der Waals surface area contributed by atoms with E-state index in [1.165, 1.54) is 16.9 Å². The molecule has 112 valence electrons. The normalized spacial score (nSPS) is 10.8. The van der Waals surface area contributed by atoms with Crippen LogP contribution in [0.4, 0.5) is 13.2 Å². The van der Waals surface area contributed by atoms with Gasteiger partial charge in [-0.2, -0.15) is 19.0 Å². The molecule has 9 heteroatoms. The first kappa shape index (κ1) is 16.5. The van der Waals surface area contributed by atoms with Crippen molar-refractivity contribution < 1.29 is 13.2 Å². The Morgan fingerprint density at radius 2 is 1.75 bits per heavy atom. The number of aromatic nitrogens is 4. The number of nitrogens with one attached hydrogen (secondary N) is 1. The van der Waals surface area contributed by atoms with Crippen LogP contribution in [0.1, 0.15) is 17.9 Å². The van der Waals surface area contributed by atoms with Crippen molar-refractivity contribution in [3.8, 4) is 0 Å². The molecule has 0 spiro atoms. The molecule has 0 saturated carbocycles. The summed E-state index contributed by atoms with van der Waals surface area (Å²) in [7, 11) is 0. The summed E-state index contributed by atoms with van der Waals surface area (Å²) in [6.07, 6.45) is 2.91. The largest absolute Gasteiger partial charge is 0.333 e. The zero-order chi connectivity index (χ0) is 13.7. The van der Waals surface area contributed by atoms with Crippen molar-refractivity contribution in [3.63, 3.8) is 0 Å². The van der Waals surface area contributed by atoms with Gasteiger partial charge in [0.2, 0.25) is 0 Å². The molecular weight excluding hydrogens is 295 g/mol. The van der Waals surface area contributed by atoms with Crippen molar-refractivity contribution in [2.75, 3.05) is 6.67 Å². The fraction of sp³-hybridized carbons (Fsp3) is 0.455. The van der Waals surface area contributed by atoms with Crippen molar-refractivity contribution >= 4 is 12.4 Å². The molecule has 2 heterocycles. The first-order valence-electron chi connectivity index (χ1n) is 5.80. The Hall–Kier alpha value is -1.54. The van der Waals surface area contributed by atoms with Gasteiger partial charge in [-0.3, -0.25) is 4.68 Å². The van der Waals surface area contributed by atoms with Crippen LogP contribution in [0.5, 0.6) is 0 Å². The highest BCUT2D eigenvalue weighted by Crippen LogP contribution is 2.11. The maximum atomic E-state index is 12.5. The van der Waals surface area contributed by atoms with E-state index in [0.29, 0.717) is 16.9 Å². The molecule has 0 atom stereocenters. The number of alkyl halides is 3. The van der Waals surface area contributed by atoms with E-state index in [4.69, 9.17) is 0 Å². The van der Waals surface area contributed by atoms with Gasteiger partial charge in [-0.25, -0.2) is 9.07 Å². The van der Waals surface area contributed by atoms with E-state index in [2.05, 4.69) is 15.5 Å². The third kappa shape index (κ3) is 3.97. The Morgan fingerprint density at radius 1 is 1.10 bits per heavy atom. The fourth-order valence-corrected chi connectivity index (χ4v) is 1.77. The van der Waals surface area contributed by atoms with Crippen LogP contribution in [-0.4, -0.2) is 26.2 Å². The molecule has 20 heavy (non-hydrogen) atoms. The Morgan fingerprint density at radius 3 is 2.45 bits per heavy atom. The van der Waals surface area contributed by atoms with Crippen molar-refractivity contribution in [1.82, 2.24) is 24.9 Å². The summed E-state index contributed by atoms with van der Waals surface area (Å²) in [4.78, 5) is 0. The van der Waals surface area contributed by atoms with Crippen LogP contribution in [0.15, 0.2) is 24.5 Å². The lowest BCUT2D eigenvalue weighted by molar-refractivity contribution is 0.0531. The minimum Gasteiger partial charge on any atom is -0.306 e. The smallest absolute Gasteiger partial charge is 0.306 e. The number of rotatable bonds is 7. The lowest BCUT2D eigenvalue weighted by Crippen LogP contribution is -2.19. The predicted octanol–water partition coefficient (Wildman–Crippen LogP) is 2.16. The third-order valence-corrected chi connectivity index (χ3v) is 2.65. The summed E-state index contributed by atoms with van der Waals surface area (Å²) in [5.41, 5.74) is 1.20. The van der Waals surface area contributed by atoms with E-state index in [1.54, 1.807) is 12.3 Å². The monoisotopic (exact) mass is 309 g/mol. The lowest BCUT2D eigenvalue weighted by atomic mass is 10.3. The zero-order valence-electron chi connectivity index (χ0n) is 10.5. The molecule has 0 aliphatic rings. The van der Waals surface area contributed by atoms with Crippen LogP contribution in [-0.2, 0) is 19.6 Å². The predicted molar refractivity (Wildman–Crippen MR) is 69.5 cm³/mol. The molecule has 0 aliphatic carbocycles. The van der Waals surface area contributed by atoms with Crippen LogP contribution in [0, 0.1) is 0 Å². The van der Waals surface area contributed by atoms with Gasteiger partial charge in [-0.1, -0.05) is 0 Å². The molecule has 0 radical (unpaired) electrons. The van der Waals surface area contributed by atoms with Gasteiger partial charge in [0, 0.05) is 25.5 Å². The van der Waals surface area contributed by atoms with Crippen molar-refractivity contribution in [2.45, 2.75) is 26.2 Å². The minimum absolute atomic E-state index is 0. The molecule has 0 amide bonds. The summed E-state index contributed by atoms with van der Waals surface area (Å²) in [5, 5.41) is 10.5. The highest BCUT2D eigenvalue weighted by Gasteiger charge is 2.11. The second-order valence-corrected chi connectivity index (χ2v) is 3.88. The molecule has 5 nitrogen and oxygen atoms in total. The van der Waals surface area contributed by atoms with E-state index in [1.807, 2.05) is 0 Å². The van der Waals surface area contributed by atoms with Crippen LogP contribution in [0.25, 0.3) is 0 Å². The molecule has 0 bridgehead atoms. The third-order valence-electron chi connectivity index (χ3n) is 2.65. The maximum Gasteiger partial charge on any atom is 0.333 e. The van der Waals surface area contributed by atoms with Crippen molar-refractivity contribution in [2.24, 2.45) is 0 Å². The SMILES string of the molecule is Cl.FCCn1nccc1CNCc1ccnn1C(F)F. The first-order chi connectivity index (χ1) is 9.22. The Balaban J connectivity index is 0.00000200. The summed E-state index contributed by atoms with van der Waals surface area (Å²) in [6.45, 7) is -2.27. The molecule has 2 aromatic rings. The summed E-state index contributed by atoms with van der Waals surface area (Å²) < 4.78 is 39.5. The highest BCUT2D eigenvalue weighted by atomic mass is 35.5. The number of hydrogen-bond donors (Lipinski definition) is 1. The second kappa shape index (κ2) is 7.91. The van der Waals surface area contributed by atoms with E-state index < -0.39 is 13.2 Å². The van der Waals surface area contributed by atoms with Gasteiger partial charge < -0.3 is 5.32 Å². The van der Waals surface area contributed by atoms with Gasteiger partial charge in [0.25, 0.3) is 0 Å². The Bertz CT molecular complexity index is 514. The van der Waals surface area contributed by atoms with Gasteiger partial charge >= 0.3 is 6.55 Å². The van der Waals surface area contributed by atoms with Gasteiger partial charge in [-0.15, -0.1) is 12.4 Å². The van der Waals surface area contributed by atoms with Gasteiger partial charge in [-0.05, 0) is 12.1 Å². The topological polar surface area (TPSA) is 47.7 Å². The summed E-state index contributed by atoms with van der Waals surface area (Å²) >= 11 is 0. The average molecular weight is 310 g/mol. The molecular formula is C11H15ClF3N5. The molecule has 0 aromatic carbocycles. The average Bonchev–Trinajstić information content (AvgIpc) is 2.99. The Kier molecular flexibility index (Phi) is 6.53. The minimum atomic E-state index is -2.65. The standard InChI is InChI=1S/C11H14F3N5.ClH/c12-3-6-18-9(1-4-16-18)7-15-8-10-2-5-17-19(10)11(13)14;/h1-2,4-5,11,15H,3,6-8H2;1H. The number of hydrogen-bond acceptors (Lipinski definition) is 3. The molecule has 2 aromatic heterocycles. The maximum absolute atomic E-state index is 12.5.